The molecule has 3 N–H and O–H groups in total. The predicted octanol–water partition coefficient (Wildman–Crippen LogP) is 2.52. The molecule has 178 valence electrons. The van der Waals surface area contributed by atoms with Crippen molar-refractivity contribution in [1.82, 2.24) is 20.3 Å². The average Bonchev–Trinajstić information content (AvgIpc) is 2.59. The highest BCUT2D eigenvalue weighted by atomic mass is 127. The van der Waals surface area contributed by atoms with Gasteiger partial charge in [-0.1, -0.05) is 12.1 Å². The first kappa shape index (κ1) is 29.4. The largest absolute Gasteiger partial charge is 0.444 e. The van der Waals surface area contributed by atoms with Gasteiger partial charge in [-0.25, -0.2) is 17.5 Å². The van der Waals surface area contributed by atoms with Crippen LogP contribution in [0.1, 0.15) is 40.2 Å². The Morgan fingerprint density at radius 3 is 2.06 bits per heavy atom. The fraction of sp³-hybridized carbons (Fsp3) is 0.600. The zero-order valence-corrected chi connectivity index (χ0v) is 22.7. The number of hydrogen-bond acceptors (Lipinski definition) is 5. The minimum atomic E-state index is -3.44. The van der Waals surface area contributed by atoms with Crippen LogP contribution in [0.4, 0.5) is 4.79 Å². The number of alkyl carbamates (subject to hydrolysis) is 1. The maximum atomic E-state index is 12.1. The third-order valence-corrected chi connectivity index (χ3v) is 5.75. The number of nitrogens with zero attached hydrogens (tertiary/aromatic N) is 2. The van der Waals surface area contributed by atoms with E-state index in [0.29, 0.717) is 19.0 Å². The third-order valence-electron chi connectivity index (χ3n) is 3.92. The molecule has 0 fully saturated rings. The molecule has 31 heavy (non-hydrogen) atoms. The van der Waals surface area contributed by atoms with Gasteiger partial charge in [0.1, 0.15) is 5.60 Å². The van der Waals surface area contributed by atoms with Crippen molar-refractivity contribution in [3.8, 4) is 0 Å². The van der Waals surface area contributed by atoms with Gasteiger partial charge in [-0.15, -0.1) is 24.0 Å². The predicted molar refractivity (Wildman–Crippen MR) is 134 cm³/mol. The van der Waals surface area contributed by atoms with Gasteiger partial charge in [0.15, 0.2) is 5.96 Å². The molecular weight excluding hydrogens is 533 g/mol. The summed E-state index contributed by atoms with van der Waals surface area (Å²) in [5.74, 6) is 0.555. The minimum absolute atomic E-state index is 0. The molecule has 0 saturated carbocycles. The van der Waals surface area contributed by atoms with Gasteiger partial charge in [0, 0.05) is 34.2 Å². The summed E-state index contributed by atoms with van der Waals surface area (Å²) in [7, 11) is 1.20. The van der Waals surface area contributed by atoms with Crippen LogP contribution in [-0.2, 0) is 21.3 Å². The van der Waals surface area contributed by atoms with Gasteiger partial charge < -0.3 is 20.7 Å². The molecule has 1 aromatic carbocycles. The lowest BCUT2D eigenvalue weighted by molar-refractivity contribution is 0.0474. The van der Waals surface area contributed by atoms with E-state index in [1.165, 1.54) is 18.4 Å². The first-order valence-electron chi connectivity index (χ1n) is 9.63. The Morgan fingerprint density at radius 2 is 1.61 bits per heavy atom. The lowest BCUT2D eigenvalue weighted by Crippen LogP contribution is -2.54. The lowest BCUT2D eigenvalue weighted by atomic mass is 10.1. The van der Waals surface area contributed by atoms with Gasteiger partial charge >= 0.3 is 6.09 Å². The number of carbonyl (C=O) groups is 1. The smallest absolute Gasteiger partial charge is 0.408 e. The number of carbonyl (C=O) groups excluding carboxylic acids is 1. The van der Waals surface area contributed by atoms with Crippen molar-refractivity contribution in [3.63, 3.8) is 0 Å². The van der Waals surface area contributed by atoms with Gasteiger partial charge in [0.05, 0.1) is 10.4 Å². The van der Waals surface area contributed by atoms with Gasteiger partial charge in [-0.05, 0) is 52.3 Å². The van der Waals surface area contributed by atoms with Crippen LogP contribution in [-0.4, -0.2) is 63.6 Å². The second kappa shape index (κ2) is 11.9. The van der Waals surface area contributed by atoms with E-state index in [-0.39, 0.29) is 28.9 Å². The number of sulfonamides is 1. The van der Waals surface area contributed by atoms with Crippen LogP contribution in [0.25, 0.3) is 0 Å². The normalized spacial score (nSPS) is 12.7. The minimum Gasteiger partial charge on any atom is -0.444 e. The van der Waals surface area contributed by atoms with E-state index in [1.807, 2.05) is 34.6 Å². The lowest BCUT2D eigenvalue weighted by Gasteiger charge is -2.29. The maximum absolute atomic E-state index is 12.1. The number of aliphatic imine (C=N–C) groups is 1. The van der Waals surface area contributed by atoms with Crippen LogP contribution in [0, 0.1) is 0 Å². The van der Waals surface area contributed by atoms with E-state index in [4.69, 9.17) is 4.74 Å². The summed E-state index contributed by atoms with van der Waals surface area (Å²) in [5.41, 5.74) is -0.226. The summed E-state index contributed by atoms with van der Waals surface area (Å²) >= 11 is 0. The number of hydrogen-bond donors (Lipinski definition) is 3. The Balaban J connectivity index is 0.00000900. The van der Waals surface area contributed by atoms with Crippen LogP contribution >= 0.6 is 24.0 Å². The Morgan fingerprint density at radius 1 is 1.06 bits per heavy atom. The zero-order chi connectivity index (χ0) is 23.2. The molecule has 0 aliphatic rings. The summed E-state index contributed by atoms with van der Waals surface area (Å²) in [4.78, 5) is 16.4. The highest BCUT2D eigenvalue weighted by Gasteiger charge is 2.24. The Hall–Kier alpha value is -1.60. The molecule has 0 heterocycles. The maximum Gasteiger partial charge on any atom is 0.408 e. The molecule has 1 aromatic rings. The number of halogens is 1. The average molecular weight is 570 g/mol. The number of ether oxygens (including phenoxy) is 1. The first-order chi connectivity index (χ1) is 13.7. The molecule has 11 heteroatoms. The number of rotatable bonds is 7. The van der Waals surface area contributed by atoms with Gasteiger partial charge in [-0.3, -0.25) is 4.99 Å². The van der Waals surface area contributed by atoms with Crippen molar-refractivity contribution in [2.24, 2.45) is 4.99 Å². The number of amides is 1. The number of nitrogens with one attached hydrogen (secondary N) is 3. The van der Waals surface area contributed by atoms with Crippen LogP contribution < -0.4 is 16.0 Å². The molecular formula is C20H36IN5O4S. The van der Waals surface area contributed by atoms with Gasteiger partial charge in [0.25, 0.3) is 0 Å². The fourth-order valence-corrected chi connectivity index (χ4v) is 3.23. The summed E-state index contributed by atoms with van der Waals surface area (Å²) in [6.07, 6.45) is -0.481. The molecule has 0 atom stereocenters. The van der Waals surface area contributed by atoms with Crippen molar-refractivity contribution in [2.45, 2.75) is 57.2 Å². The summed E-state index contributed by atoms with van der Waals surface area (Å²) < 4.78 is 30.7. The first-order valence-corrected chi connectivity index (χ1v) is 11.1. The molecule has 0 spiro atoms. The van der Waals surface area contributed by atoms with E-state index >= 15 is 0 Å². The molecule has 0 unspecified atom stereocenters. The van der Waals surface area contributed by atoms with E-state index in [9.17, 15) is 13.2 Å². The van der Waals surface area contributed by atoms with E-state index in [0.717, 1.165) is 5.56 Å². The highest BCUT2D eigenvalue weighted by molar-refractivity contribution is 14.0. The molecule has 0 aliphatic heterocycles. The summed E-state index contributed by atoms with van der Waals surface area (Å²) in [6.45, 7) is 10.1. The van der Waals surface area contributed by atoms with Crippen molar-refractivity contribution in [1.29, 1.82) is 0 Å². The van der Waals surface area contributed by atoms with Crippen molar-refractivity contribution in [2.75, 3.05) is 27.7 Å². The van der Waals surface area contributed by atoms with Crippen LogP contribution in [0.5, 0.6) is 0 Å². The molecule has 0 bridgehead atoms. The van der Waals surface area contributed by atoms with Crippen molar-refractivity contribution < 1.29 is 17.9 Å². The topological polar surface area (TPSA) is 112 Å². The fourth-order valence-electron chi connectivity index (χ4n) is 2.33. The monoisotopic (exact) mass is 569 g/mol. The van der Waals surface area contributed by atoms with Crippen LogP contribution in [0.15, 0.2) is 34.2 Å². The molecule has 0 aromatic heterocycles. The second-order valence-electron chi connectivity index (χ2n) is 8.72. The Kier molecular flexibility index (Phi) is 11.2. The van der Waals surface area contributed by atoms with Crippen molar-refractivity contribution in [3.05, 3.63) is 29.8 Å². The SMILES string of the molecule is CN=C(NCc1ccc(S(=O)(=O)N(C)C)cc1)NCC(C)(C)NC(=O)OC(C)(C)C.I. The standard InChI is InChI=1S/C20H35N5O4S.HI/c1-19(2,3)29-18(26)24-20(4,5)14-23-17(21-6)22-13-15-9-11-16(12-10-15)30(27,28)25(7)8;/h9-12H,13-14H2,1-8H3,(H,24,26)(H2,21,22,23);1H. The number of benzene rings is 1. The molecule has 9 nitrogen and oxygen atoms in total. The Bertz CT molecular complexity index is 847. The van der Waals surface area contributed by atoms with Gasteiger partial charge in [0.2, 0.25) is 10.0 Å². The van der Waals surface area contributed by atoms with Crippen LogP contribution in [0.2, 0.25) is 0 Å². The van der Waals surface area contributed by atoms with E-state index in [2.05, 4.69) is 20.9 Å². The molecule has 0 radical (unpaired) electrons. The third kappa shape index (κ3) is 10.5. The zero-order valence-electron chi connectivity index (χ0n) is 19.6. The van der Waals surface area contributed by atoms with Crippen LogP contribution in [0.3, 0.4) is 0 Å². The summed E-state index contributed by atoms with van der Waals surface area (Å²) in [5, 5.41) is 9.16. The quantitative estimate of drug-likeness (QED) is 0.265. The molecule has 0 aliphatic carbocycles. The van der Waals surface area contributed by atoms with Crippen molar-refractivity contribution >= 4 is 46.1 Å². The van der Waals surface area contributed by atoms with Gasteiger partial charge in [-0.2, -0.15) is 0 Å². The second-order valence-corrected chi connectivity index (χ2v) is 10.9. The Labute approximate surface area is 203 Å². The van der Waals surface area contributed by atoms with E-state index < -0.39 is 27.3 Å². The molecule has 1 rings (SSSR count). The molecule has 0 saturated heterocycles. The summed E-state index contributed by atoms with van der Waals surface area (Å²) in [6, 6.07) is 6.67. The molecule has 1 amide bonds. The van der Waals surface area contributed by atoms with E-state index in [1.54, 1.807) is 31.3 Å². The number of guanidine groups is 1. The highest BCUT2D eigenvalue weighted by Crippen LogP contribution is 2.14.